The number of hydrogen-bond donors (Lipinski definition) is 1. The number of carbonyl (C=O) groups is 1. The van der Waals surface area contributed by atoms with Gasteiger partial charge in [-0.2, -0.15) is 0 Å². The fraction of sp³-hybridized carbons (Fsp3) is 0.294. The van der Waals surface area contributed by atoms with E-state index in [2.05, 4.69) is 10.3 Å². The van der Waals surface area contributed by atoms with E-state index in [1.807, 2.05) is 13.0 Å². The largest absolute Gasteiger partial charge is 0.463 e. The van der Waals surface area contributed by atoms with Crippen LogP contribution in [0.4, 0.5) is 4.39 Å². The van der Waals surface area contributed by atoms with E-state index in [9.17, 15) is 9.18 Å². The van der Waals surface area contributed by atoms with Gasteiger partial charge in [0.1, 0.15) is 10.8 Å². The number of nitrogens with one attached hydrogen (secondary N) is 1. The molecule has 0 spiro atoms. The van der Waals surface area contributed by atoms with Gasteiger partial charge in [0.2, 0.25) is 5.88 Å². The zero-order valence-corrected chi connectivity index (χ0v) is 14.5. The van der Waals surface area contributed by atoms with E-state index in [4.69, 9.17) is 27.9 Å². The fourth-order valence-corrected chi connectivity index (χ4v) is 2.46. The smallest absolute Gasteiger partial charge is 0.261 e. The van der Waals surface area contributed by atoms with Crippen molar-refractivity contribution < 1.29 is 13.9 Å². The Morgan fingerprint density at radius 1 is 1.46 bits per heavy atom. The summed E-state index contributed by atoms with van der Waals surface area (Å²) < 4.78 is 18.7. The number of aromatic nitrogens is 1. The van der Waals surface area contributed by atoms with Crippen LogP contribution in [-0.4, -0.2) is 23.5 Å². The number of allylic oxidation sites excluding steroid dienone is 4. The number of amides is 1. The van der Waals surface area contributed by atoms with Gasteiger partial charge in [-0.3, -0.25) is 4.79 Å². The van der Waals surface area contributed by atoms with Crippen molar-refractivity contribution in [2.24, 2.45) is 5.92 Å². The van der Waals surface area contributed by atoms with Gasteiger partial charge in [-0.1, -0.05) is 48.4 Å². The number of rotatable bonds is 6. The Morgan fingerprint density at radius 3 is 2.96 bits per heavy atom. The van der Waals surface area contributed by atoms with Crippen molar-refractivity contribution in [3.8, 4) is 5.88 Å². The molecule has 1 aliphatic carbocycles. The Hall–Kier alpha value is -1.85. The van der Waals surface area contributed by atoms with Crippen LogP contribution in [0, 0.1) is 5.92 Å². The number of hydrogen-bond acceptors (Lipinski definition) is 3. The number of nitrogens with zero attached hydrogens (tertiary/aromatic N) is 1. The molecule has 1 aliphatic rings. The maximum atomic E-state index is 13.1. The van der Waals surface area contributed by atoms with Crippen LogP contribution in [0.2, 0.25) is 10.0 Å². The second-order valence-corrected chi connectivity index (χ2v) is 6.00. The Morgan fingerprint density at radius 2 is 2.25 bits per heavy atom. The molecule has 1 amide bonds. The molecule has 2 atom stereocenters. The monoisotopic (exact) mass is 370 g/mol. The fourth-order valence-electron chi connectivity index (χ4n) is 2.04. The van der Waals surface area contributed by atoms with Gasteiger partial charge >= 0.3 is 0 Å². The summed E-state index contributed by atoms with van der Waals surface area (Å²) in [4.78, 5) is 16.3. The molecule has 1 N–H and O–H groups in total. The first kappa shape index (κ1) is 18.5. The van der Waals surface area contributed by atoms with Crippen molar-refractivity contribution in [2.45, 2.75) is 19.4 Å². The van der Waals surface area contributed by atoms with Crippen molar-refractivity contribution in [2.75, 3.05) is 6.54 Å². The van der Waals surface area contributed by atoms with Crippen LogP contribution in [0.5, 0.6) is 5.88 Å². The highest BCUT2D eigenvalue weighted by molar-refractivity contribution is 6.35. The molecule has 24 heavy (non-hydrogen) atoms. The second kappa shape index (κ2) is 8.85. The molecule has 2 rings (SSSR count). The molecular formula is C17H17Cl2FN2O2. The van der Waals surface area contributed by atoms with Crippen LogP contribution in [0.1, 0.15) is 13.3 Å². The minimum atomic E-state index is -0.732. The van der Waals surface area contributed by atoms with Crippen LogP contribution in [0.3, 0.4) is 0 Å². The molecule has 0 saturated carbocycles. The Kier molecular flexibility index (Phi) is 6.82. The number of halogens is 3. The van der Waals surface area contributed by atoms with Crippen molar-refractivity contribution in [3.05, 3.63) is 58.5 Å². The van der Waals surface area contributed by atoms with Gasteiger partial charge in [-0.15, -0.1) is 0 Å². The highest BCUT2D eigenvalue weighted by Crippen LogP contribution is 2.25. The Bertz CT molecular complexity index is 689. The highest BCUT2D eigenvalue weighted by Gasteiger charge is 2.20. The minimum absolute atomic E-state index is 0.0896. The first-order valence-electron chi connectivity index (χ1n) is 7.47. The van der Waals surface area contributed by atoms with Crippen LogP contribution in [0.25, 0.3) is 0 Å². The minimum Gasteiger partial charge on any atom is -0.463 e. The lowest BCUT2D eigenvalue weighted by Crippen LogP contribution is -2.40. The topological polar surface area (TPSA) is 51.2 Å². The van der Waals surface area contributed by atoms with Crippen LogP contribution in [-0.2, 0) is 4.79 Å². The third-order valence-electron chi connectivity index (χ3n) is 3.32. The zero-order chi connectivity index (χ0) is 17.5. The van der Waals surface area contributed by atoms with E-state index in [1.54, 1.807) is 12.2 Å². The summed E-state index contributed by atoms with van der Waals surface area (Å²) in [6.07, 6.45) is 8.97. The molecule has 2 unspecified atom stereocenters. The van der Waals surface area contributed by atoms with Gasteiger partial charge in [0.05, 0.1) is 5.02 Å². The second-order valence-electron chi connectivity index (χ2n) is 5.16. The van der Waals surface area contributed by atoms with Gasteiger partial charge in [-0.05, 0) is 24.6 Å². The predicted molar refractivity (Wildman–Crippen MR) is 92.9 cm³/mol. The van der Waals surface area contributed by atoms with Crippen molar-refractivity contribution in [1.29, 1.82) is 0 Å². The molecule has 0 saturated heterocycles. The lowest BCUT2D eigenvalue weighted by molar-refractivity contribution is -0.128. The molecule has 0 aromatic carbocycles. The summed E-state index contributed by atoms with van der Waals surface area (Å²) in [5.41, 5.74) is 0. The summed E-state index contributed by atoms with van der Waals surface area (Å²) in [6, 6.07) is 1.50. The molecule has 128 valence electrons. The number of ether oxygens (including phenoxy) is 1. The van der Waals surface area contributed by atoms with Gasteiger partial charge in [0.25, 0.3) is 5.91 Å². The van der Waals surface area contributed by atoms with E-state index in [0.717, 1.165) is 0 Å². The Labute approximate surface area is 150 Å². The lowest BCUT2D eigenvalue weighted by atomic mass is 10.1. The summed E-state index contributed by atoms with van der Waals surface area (Å²) in [5, 5.41) is 3.42. The lowest BCUT2D eigenvalue weighted by Gasteiger charge is -2.18. The maximum absolute atomic E-state index is 13.1. The van der Waals surface area contributed by atoms with Crippen molar-refractivity contribution in [3.63, 3.8) is 0 Å². The molecule has 1 aromatic heterocycles. The molecule has 4 nitrogen and oxygen atoms in total. The molecule has 1 aromatic rings. The number of carbonyl (C=O) groups excluding carboxylic acids is 1. The normalized spacial score (nSPS) is 17.8. The summed E-state index contributed by atoms with van der Waals surface area (Å²) in [7, 11) is 0. The standard InChI is InChI=1S/C17H17Cl2FN2O2/c1-2-15(24-17-14(19)8-12(18)10-22-17)16(23)21-9-11-4-3-5-13(20)7-6-11/h3-8,10-11,15H,2,9H2,1H3,(H,21,23). The van der Waals surface area contributed by atoms with Crippen LogP contribution < -0.4 is 10.1 Å². The average molecular weight is 371 g/mol. The summed E-state index contributed by atoms with van der Waals surface area (Å²) >= 11 is 11.8. The highest BCUT2D eigenvalue weighted by atomic mass is 35.5. The third-order valence-corrected chi connectivity index (χ3v) is 3.80. The summed E-state index contributed by atoms with van der Waals surface area (Å²) in [5.74, 6) is -0.542. The number of pyridine rings is 1. The van der Waals surface area contributed by atoms with E-state index >= 15 is 0 Å². The molecular weight excluding hydrogens is 354 g/mol. The predicted octanol–water partition coefficient (Wildman–Crippen LogP) is 4.26. The van der Waals surface area contributed by atoms with Crippen LogP contribution >= 0.6 is 23.2 Å². The molecule has 0 fully saturated rings. The van der Waals surface area contributed by atoms with Gasteiger partial charge < -0.3 is 10.1 Å². The SMILES string of the molecule is CCC(Oc1ncc(Cl)cc1Cl)C(=O)NCC1C=CC=C(F)C=C1. The van der Waals surface area contributed by atoms with Gasteiger partial charge in [0.15, 0.2) is 6.10 Å². The maximum Gasteiger partial charge on any atom is 0.261 e. The first-order valence-corrected chi connectivity index (χ1v) is 8.22. The average Bonchev–Trinajstić information content (AvgIpc) is 2.76. The van der Waals surface area contributed by atoms with E-state index < -0.39 is 6.10 Å². The van der Waals surface area contributed by atoms with E-state index in [0.29, 0.717) is 18.0 Å². The molecule has 7 heteroatoms. The van der Waals surface area contributed by atoms with Crippen LogP contribution in [0.15, 0.2) is 48.5 Å². The first-order chi connectivity index (χ1) is 11.5. The van der Waals surface area contributed by atoms with E-state index in [1.165, 1.54) is 24.4 Å². The molecule has 0 aliphatic heterocycles. The molecule has 1 heterocycles. The van der Waals surface area contributed by atoms with Gasteiger partial charge in [-0.25, -0.2) is 9.37 Å². The molecule has 0 bridgehead atoms. The summed E-state index contributed by atoms with van der Waals surface area (Å²) in [6.45, 7) is 2.16. The third kappa shape index (κ3) is 5.35. The molecule has 0 radical (unpaired) electrons. The quantitative estimate of drug-likeness (QED) is 0.813. The zero-order valence-electron chi connectivity index (χ0n) is 13.0. The Balaban J connectivity index is 1.93. The van der Waals surface area contributed by atoms with E-state index in [-0.39, 0.29) is 28.6 Å². The van der Waals surface area contributed by atoms with Crippen molar-refractivity contribution >= 4 is 29.1 Å². The van der Waals surface area contributed by atoms with Crippen molar-refractivity contribution in [1.82, 2.24) is 10.3 Å². The van der Waals surface area contributed by atoms with Gasteiger partial charge in [0, 0.05) is 18.7 Å².